The Hall–Kier alpha value is -3.45. The number of piperazine rings is 1. The summed E-state index contributed by atoms with van der Waals surface area (Å²) in [6.45, 7) is 6.33. The maximum Gasteiger partial charge on any atom is 0.338 e. The third kappa shape index (κ3) is 5.19. The lowest BCUT2D eigenvalue weighted by Gasteiger charge is -2.34. The van der Waals surface area contributed by atoms with E-state index in [0.717, 1.165) is 43.1 Å². The summed E-state index contributed by atoms with van der Waals surface area (Å²) in [6, 6.07) is 17.4. The van der Waals surface area contributed by atoms with Gasteiger partial charge in [-0.1, -0.05) is 18.2 Å². The zero-order chi connectivity index (χ0) is 21.6. The molecule has 0 amide bonds. The van der Waals surface area contributed by atoms with Crippen LogP contribution >= 0.6 is 0 Å². The van der Waals surface area contributed by atoms with Crippen LogP contribution in [0.25, 0.3) is 11.3 Å². The number of nitrogens with one attached hydrogen (secondary N) is 1. The Balaban J connectivity index is 1.48. The van der Waals surface area contributed by atoms with Crippen LogP contribution in [0.4, 0.5) is 17.3 Å². The minimum atomic E-state index is -0.320. The highest BCUT2D eigenvalue weighted by atomic mass is 16.5. The number of hydrogen-bond donors (Lipinski definition) is 1. The maximum absolute atomic E-state index is 11.8. The van der Waals surface area contributed by atoms with E-state index in [1.165, 1.54) is 5.69 Å². The van der Waals surface area contributed by atoms with Crippen molar-refractivity contribution in [1.82, 2.24) is 14.9 Å². The average Bonchev–Trinajstić information content (AvgIpc) is 2.80. The Morgan fingerprint density at radius 2 is 1.84 bits per heavy atom. The minimum Gasteiger partial charge on any atom is -0.462 e. The van der Waals surface area contributed by atoms with Crippen molar-refractivity contribution in [2.75, 3.05) is 50.1 Å². The summed E-state index contributed by atoms with van der Waals surface area (Å²) in [4.78, 5) is 25.6. The summed E-state index contributed by atoms with van der Waals surface area (Å²) in [5, 5.41) is 3.32. The lowest BCUT2D eigenvalue weighted by Crippen LogP contribution is -2.44. The van der Waals surface area contributed by atoms with E-state index < -0.39 is 0 Å². The number of likely N-dealkylation sites (N-methyl/N-ethyl adjacent to an activating group) is 1. The Morgan fingerprint density at radius 3 is 2.58 bits per heavy atom. The SMILES string of the molecule is CCOC(=O)c1ccc(-c2ccnc(Nc3cccc(N4CCN(C)CC4)c3)n2)cc1. The number of aromatic nitrogens is 2. The first-order chi connectivity index (χ1) is 15.1. The first kappa shape index (κ1) is 20.8. The molecule has 0 atom stereocenters. The van der Waals surface area contributed by atoms with E-state index in [-0.39, 0.29) is 5.97 Å². The van der Waals surface area contributed by atoms with Crippen LogP contribution in [0.2, 0.25) is 0 Å². The van der Waals surface area contributed by atoms with Gasteiger partial charge in [0.25, 0.3) is 0 Å². The number of esters is 1. The van der Waals surface area contributed by atoms with E-state index in [1.54, 1.807) is 25.3 Å². The summed E-state index contributed by atoms with van der Waals surface area (Å²) in [6.07, 6.45) is 1.73. The van der Waals surface area contributed by atoms with Crippen LogP contribution in [0.1, 0.15) is 17.3 Å². The van der Waals surface area contributed by atoms with Gasteiger partial charge in [0, 0.05) is 49.3 Å². The molecule has 1 N–H and O–H groups in total. The fraction of sp³-hybridized carbons (Fsp3) is 0.292. The number of carbonyl (C=O) groups is 1. The van der Waals surface area contributed by atoms with E-state index in [4.69, 9.17) is 4.74 Å². The second-order valence-corrected chi connectivity index (χ2v) is 7.53. The molecule has 3 aromatic rings. The van der Waals surface area contributed by atoms with Gasteiger partial charge in [0.2, 0.25) is 5.95 Å². The standard InChI is InChI=1S/C24H27N5O2/c1-3-31-23(30)19-9-7-18(8-10-19)22-11-12-25-24(27-22)26-20-5-4-6-21(17-20)29-15-13-28(2)14-16-29/h4-12,17H,3,13-16H2,1-2H3,(H,25,26,27). The first-order valence-corrected chi connectivity index (χ1v) is 10.5. The topological polar surface area (TPSA) is 70.6 Å². The van der Waals surface area contributed by atoms with Gasteiger partial charge in [-0.2, -0.15) is 0 Å². The molecule has 1 aliphatic rings. The number of hydrogen-bond acceptors (Lipinski definition) is 7. The predicted molar refractivity (Wildman–Crippen MR) is 123 cm³/mol. The zero-order valence-corrected chi connectivity index (χ0v) is 17.9. The molecule has 1 aliphatic heterocycles. The summed E-state index contributed by atoms with van der Waals surface area (Å²) in [7, 11) is 2.16. The number of benzene rings is 2. The summed E-state index contributed by atoms with van der Waals surface area (Å²) in [5.41, 5.74) is 4.36. The Kier molecular flexibility index (Phi) is 6.43. The molecule has 0 spiro atoms. The van der Waals surface area contributed by atoms with Crippen molar-refractivity contribution in [2.24, 2.45) is 0 Å². The maximum atomic E-state index is 11.8. The van der Waals surface area contributed by atoms with E-state index in [1.807, 2.05) is 30.3 Å². The Bertz CT molecular complexity index is 1030. The number of ether oxygens (including phenoxy) is 1. The number of anilines is 3. The van der Waals surface area contributed by atoms with Crippen molar-refractivity contribution in [3.05, 3.63) is 66.4 Å². The molecule has 2 aromatic carbocycles. The van der Waals surface area contributed by atoms with Crippen molar-refractivity contribution in [2.45, 2.75) is 6.92 Å². The molecule has 2 heterocycles. The highest BCUT2D eigenvalue weighted by molar-refractivity contribution is 5.90. The van der Waals surface area contributed by atoms with E-state index >= 15 is 0 Å². The molecule has 0 saturated carbocycles. The van der Waals surface area contributed by atoms with Crippen LogP contribution in [-0.2, 0) is 4.74 Å². The van der Waals surface area contributed by atoms with Gasteiger partial charge in [0.1, 0.15) is 0 Å². The first-order valence-electron chi connectivity index (χ1n) is 10.5. The van der Waals surface area contributed by atoms with Gasteiger partial charge in [-0.05, 0) is 50.4 Å². The quantitative estimate of drug-likeness (QED) is 0.612. The van der Waals surface area contributed by atoms with Crippen LogP contribution in [0, 0.1) is 0 Å². The van der Waals surface area contributed by atoms with Gasteiger partial charge < -0.3 is 19.9 Å². The summed E-state index contributed by atoms with van der Waals surface area (Å²) >= 11 is 0. The fourth-order valence-electron chi connectivity index (χ4n) is 3.55. The molecular formula is C24H27N5O2. The second kappa shape index (κ2) is 9.57. The smallest absolute Gasteiger partial charge is 0.338 e. The lowest BCUT2D eigenvalue weighted by molar-refractivity contribution is 0.0526. The van der Waals surface area contributed by atoms with Gasteiger partial charge in [-0.3, -0.25) is 0 Å². The van der Waals surface area contributed by atoms with Gasteiger partial charge in [-0.25, -0.2) is 14.8 Å². The van der Waals surface area contributed by atoms with Gasteiger partial charge >= 0.3 is 5.97 Å². The number of rotatable bonds is 6. The summed E-state index contributed by atoms with van der Waals surface area (Å²) < 4.78 is 5.04. The normalized spacial score (nSPS) is 14.3. The van der Waals surface area contributed by atoms with Crippen molar-refractivity contribution < 1.29 is 9.53 Å². The Morgan fingerprint density at radius 1 is 1.06 bits per heavy atom. The van der Waals surface area contributed by atoms with E-state index in [9.17, 15) is 4.79 Å². The molecule has 0 unspecified atom stereocenters. The third-order valence-electron chi connectivity index (χ3n) is 5.32. The van der Waals surface area contributed by atoms with E-state index in [0.29, 0.717) is 18.1 Å². The molecule has 1 fully saturated rings. The van der Waals surface area contributed by atoms with Crippen LogP contribution in [0.3, 0.4) is 0 Å². The molecule has 4 rings (SSSR count). The highest BCUT2D eigenvalue weighted by Gasteiger charge is 2.14. The van der Waals surface area contributed by atoms with Crippen molar-refractivity contribution in [3.8, 4) is 11.3 Å². The largest absolute Gasteiger partial charge is 0.462 e. The van der Waals surface area contributed by atoms with Crippen molar-refractivity contribution in [3.63, 3.8) is 0 Å². The second-order valence-electron chi connectivity index (χ2n) is 7.53. The van der Waals surface area contributed by atoms with Gasteiger partial charge in [-0.15, -0.1) is 0 Å². The molecule has 160 valence electrons. The van der Waals surface area contributed by atoms with Gasteiger partial charge in [0.05, 0.1) is 17.9 Å². The van der Waals surface area contributed by atoms with Gasteiger partial charge in [0.15, 0.2) is 0 Å². The number of carbonyl (C=O) groups excluding carboxylic acids is 1. The zero-order valence-electron chi connectivity index (χ0n) is 17.9. The van der Waals surface area contributed by atoms with Crippen LogP contribution in [0.15, 0.2) is 60.8 Å². The predicted octanol–water partition coefficient (Wildman–Crippen LogP) is 3.82. The molecule has 0 aliphatic carbocycles. The molecule has 1 saturated heterocycles. The fourth-order valence-corrected chi connectivity index (χ4v) is 3.55. The molecule has 31 heavy (non-hydrogen) atoms. The monoisotopic (exact) mass is 417 g/mol. The van der Waals surface area contributed by atoms with Crippen LogP contribution in [-0.4, -0.2) is 60.7 Å². The Labute approximate surface area is 182 Å². The molecule has 0 bridgehead atoms. The van der Waals surface area contributed by atoms with Crippen LogP contribution < -0.4 is 10.2 Å². The molecule has 7 nitrogen and oxygen atoms in total. The summed E-state index contributed by atoms with van der Waals surface area (Å²) in [5.74, 6) is 0.210. The molecule has 0 radical (unpaired) electrons. The number of nitrogens with zero attached hydrogens (tertiary/aromatic N) is 4. The third-order valence-corrected chi connectivity index (χ3v) is 5.32. The minimum absolute atomic E-state index is 0.320. The average molecular weight is 418 g/mol. The lowest BCUT2D eigenvalue weighted by atomic mass is 10.1. The van der Waals surface area contributed by atoms with Crippen molar-refractivity contribution in [1.29, 1.82) is 0 Å². The highest BCUT2D eigenvalue weighted by Crippen LogP contribution is 2.24. The van der Waals surface area contributed by atoms with Crippen LogP contribution in [0.5, 0.6) is 0 Å². The van der Waals surface area contributed by atoms with Crippen molar-refractivity contribution >= 4 is 23.3 Å². The molecular weight excluding hydrogens is 390 g/mol. The molecule has 1 aromatic heterocycles. The van der Waals surface area contributed by atoms with E-state index in [2.05, 4.69) is 44.3 Å². The molecule has 7 heteroatoms.